The maximum atomic E-state index is 12.6. The van der Waals surface area contributed by atoms with Crippen molar-refractivity contribution in [3.63, 3.8) is 0 Å². The van der Waals surface area contributed by atoms with Crippen LogP contribution in [0.5, 0.6) is 0 Å². The van der Waals surface area contributed by atoms with Crippen molar-refractivity contribution >= 4 is 5.78 Å². The first-order valence-electron chi connectivity index (χ1n) is 7.36. The molecular weight excluding hydrogens is 240 g/mol. The summed E-state index contributed by atoms with van der Waals surface area (Å²) in [5.41, 5.74) is 0.730. The monoisotopic (exact) mass is 262 g/mol. The van der Waals surface area contributed by atoms with Crippen LogP contribution < -0.4 is 0 Å². The molecule has 0 amide bonds. The highest BCUT2D eigenvalue weighted by molar-refractivity contribution is 5.96. The Hall–Kier alpha value is -1.16. The highest BCUT2D eigenvalue weighted by Gasteiger charge is 2.41. The molecule has 1 saturated carbocycles. The number of nitrogens with zero attached hydrogens (tertiary/aromatic N) is 2. The largest absolute Gasteiger partial charge is 0.375 e. The fraction of sp³-hybridized carbons (Fsp3) is 0.733. The number of ketones is 1. The Bertz CT molecular complexity index is 455. The fourth-order valence-electron chi connectivity index (χ4n) is 3.62. The molecule has 0 aromatic carbocycles. The van der Waals surface area contributed by atoms with Crippen LogP contribution in [0, 0.1) is 5.92 Å². The maximum Gasteiger partial charge on any atom is 0.184 e. The van der Waals surface area contributed by atoms with Crippen LogP contribution in [0.2, 0.25) is 0 Å². The number of hydrogen-bond acceptors (Lipinski definition) is 3. The summed E-state index contributed by atoms with van der Waals surface area (Å²) >= 11 is 0. The molecule has 4 heteroatoms. The Morgan fingerprint density at radius 1 is 1.42 bits per heavy atom. The van der Waals surface area contributed by atoms with Crippen LogP contribution in [0.3, 0.4) is 0 Å². The van der Waals surface area contributed by atoms with Crippen molar-refractivity contribution in [2.45, 2.75) is 50.5 Å². The minimum Gasteiger partial charge on any atom is -0.375 e. The van der Waals surface area contributed by atoms with Gasteiger partial charge in [-0.3, -0.25) is 9.48 Å². The summed E-state index contributed by atoms with van der Waals surface area (Å²) in [5.74, 6) is 0.357. The van der Waals surface area contributed by atoms with E-state index >= 15 is 0 Å². The SMILES string of the molecule is Cn1nccc1C(=O)C1CCOC2(CCCCC2)C1. The van der Waals surface area contributed by atoms with Gasteiger partial charge in [0.1, 0.15) is 5.69 Å². The summed E-state index contributed by atoms with van der Waals surface area (Å²) in [5, 5.41) is 4.10. The lowest BCUT2D eigenvalue weighted by atomic mass is 9.74. The third kappa shape index (κ3) is 2.46. The van der Waals surface area contributed by atoms with Gasteiger partial charge >= 0.3 is 0 Å². The molecule has 0 bridgehead atoms. The van der Waals surface area contributed by atoms with Crippen molar-refractivity contribution in [2.24, 2.45) is 13.0 Å². The molecule has 2 aliphatic rings. The highest BCUT2D eigenvalue weighted by Crippen LogP contribution is 2.41. The smallest absolute Gasteiger partial charge is 0.184 e. The minimum atomic E-state index is -0.00454. The zero-order valence-corrected chi connectivity index (χ0v) is 11.6. The number of ether oxygens (including phenoxy) is 1. The summed E-state index contributed by atoms with van der Waals surface area (Å²) < 4.78 is 7.75. The van der Waals surface area contributed by atoms with Crippen LogP contribution in [-0.4, -0.2) is 27.8 Å². The molecule has 1 saturated heterocycles. The molecule has 0 N–H and O–H groups in total. The van der Waals surface area contributed by atoms with Crippen LogP contribution in [0.1, 0.15) is 55.4 Å². The first-order chi connectivity index (χ1) is 9.20. The number of carbonyl (C=O) groups is 1. The molecule has 1 spiro atoms. The zero-order valence-electron chi connectivity index (χ0n) is 11.6. The van der Waals surface area contributed by atoms with Gasteiger partial charge in [0, 0.05) is 25.8 Å². The number of aromatic nitrogens is 2. The average molecular weight is 262 g/mol. The van der Waals surface area contributed by atoms with E-state index in [0.717, 1.165) is 38.0 Å². The lowest BCUT2D eigenvalue weighted by molar-refractivity contribution is -0.111. The van der Waals surface area contributed by atoms with Crippen molar-refractivity contribution in [3.05, 3.63) is 18.0 Å². The Labute approximate surface area is 114 Å². The van der Waals surface area contributed by atoms with Gasteiger partial charge in [-0.1, -0.05) is 19.3 Å². The van der Waals surface area contributed by atoms with Gasteiger partial charge in [-0.05, 0) is 31.7 Å². The van der Waals surface area contributed by atoms with E-state index in [1.165, 1.54) is 19.3 Å². The molecule has 1 unspecified atom stereocenters. The lowest BCUT2D eigenvalue weighted by Gasteiger charge is -2.43. The molecule has 1 aromatic heterocycles. The van der Waals surface area contributed by atoms with Crippen LogP contribution in [0.4, 0.5) is 0 Å². The Balaban J connectivity index is 1.74. The van der Waals surface area contributed by atoms with Crippen LogP contribution >= 0.6 is 0 Å². The molecule has 1 aliphatic carbocycles. The summed E-state index contributed by atoms with van der Waals surface area (Å²) in [6, 6.07) is 1.82. The van der Waals surface area contributed by atoms with Crippen molar-refractivity contribution in [2.75, 3.05) is 6.61 Å². The molecule has 1 aromatic rings. The molecule has 104 valence electrons. The van der Waals surface area contributed by atoms with Crippen LogP contribution in [-0.2, 0) is 11.8 Å². The molecule has 2 heterocycles. The standard InChI is InChI=1S/C15H22N2O2/c1-17-13(5-9-16-17)14(18)12-6-10-19-15(11-12)7-3-2-4-8-15/h5,9,12H,2-4,6-8,10-11H2,1H3. The fourth-order valence-corrected chi connectivity index (χ4v) is 3.62. The van der Waals surface area contributed by atoms with Crippen LogP contribution in [0.15, 0.2) is 12.3 Å². The van der Waals surface area contributed by atoms with E-state index in [0.29, 0.717) is 0 Å². The maximum absolute atomic E-state index is 12.6. The van der Waals surface area contributed by atoms with E-state index in [1.54, 1.807) is 10.9 Å². The molecule has 4 nitrogen and oxygen atoms in total. The van der Waals surface area contributed by atoms with Gasteiger partial charge < -0.3 is 4.74 Å². The number of aryl methyl sites for hydroxylation is 1. The molecule has 19 heavy (non-hydrogen) atoms. The predicted molar refractivity (Wildman–Crippen MR) is 72.0 cm³/mol. The second kappa shape index (κ2) is 5.08. The summed E-state index contributed by atoms with van der Waals surface area (Å²) in [6.45, 7) is 0.730. The highest BCUT2D eigenvalue weighted by atomic mass is 16.5. The van der Waals surface area contributed by atoms with Gasteiger partial charge in [-0.2, -0.15) is 5.10 Å². The summed E-state index contributed by atoms with van der Waals surface area (Å²) in [4.78, 5) is 12.6. The van der Waals surface area contributed by atoms with Crippen molar-refractivity contribution in [3.8, 4) is 0 Å². The van der Waals surface area contributed by atoms with E-state index in [-0.39, 0.29) is 17.3 Å². The van der Waals surface area contributed by atoms with Gasteiger partial charge in [0.15, 0.2) is 5.78 Å². The van der Waals surface area contributed by atoms with Crippen LogP contribution in [0.25, 0.3) is 0 Å². The van der Waals surface area contributed by atoms with Gasteiger partial charge in [0.05, 0.1) is 5.60 Å². The quantitative estimate of drug-likeness (QED) is 0.770. The normalized spacial score (nSPS) is 26.5. The Morgan fingerprint density at radius 3 is 2.89 bits per heavy atom. The third-order valence-electron chi connectivity index (χ3n) is 4.70. The first kappa shape index (κ1) is 12.9. The summed E-state index contributed by atoms with van der Waals surface area (Å²) in [6.07, 6.45) is 9.50. The Morgan fingerprint density at radius 2 is 2.21 bits per heavy atom. The minimum absolute atomic E-state index is 0.00454. The van der Waals surface area contributed by atoms with E-state index in [4.69, 9.17) is 4.74 Å². The van der Waals surface area contributed by atoms with Gasteiger partial charge in [0.2, 0.25) is 0 Å². The second-order valence-electron chi connectivity index (χ2n) is 5.99. The molecular formula is C15H22N2O2. The van der Waals surface area contributed by atoms with Crippen molar-refractivity contribution in [1.82, 2.24) is 9.78 Å². The lowest BCUT2D eigenvalue weighted by Crippen LogP contribution is -2.43. The molecule has 0 radical (unpaired) electrons. The van der Waals surface area contributed by atoms with Crippen molar-refractivity contribution < 1.29 is 9.53 Å². The van der Waals surface area contributed by atoms with E-state index in [2.05, 4.69) is 5.10 Å². The topological polar surface area (TPSA) is 44.1 Å². The van der Waals surface area contributed by atoms with Gasteiger partial charge in [-0.15, -0.1) is 0 Å². The van der Waals surface area contributed by atoms with Crippen molar-refractivity contribution in [1.29, 1.82) is 0 Å². The van der Waals surface area contributed by atoms with E-state index < -0.39 is 0 Å². The second-order valence-corrected chi connectivity index (χ2v) is 5.99. The predicted octanol–water partition coefficient (Wildman–Crippen LogP) is 2.73. The third-order valence-corrected chi connectivity index (χ3v) is 4.70. The molecule has 2 fully saturated rings. The number of hydrogen-bond donors (Lipinski definition) is 0. The first-order valence-corrected chi connectivity index (χ1v) is 7.36. The zero-order chi connectivity index (χ0) is 13.3. The Kier molecular flexibility index (Phi) is 3.44. The number of rotatable bonds is 2. The van der Waals surface area contributed by atoms with E-state index in [1.807, 2.05) is 13.1 Å². The molecule has 1 aliphatic heterocycles. The van der Waals surface area contributed by atoms with E-state index in [9.17, 15) is 4.79 Å². The van der Waals surface area contributed by atoms with Gasteiger partial charge in [-0.25, -0.2) is 0 Å². The summed E-state index contributed by atoms with van der Waals surface area (Å²) in [7, 11) is 1.84. The van der Waals surface area contributed by atoms with Gasteiger partial charge in [0.25, 0.3) is 0 Å². The number of carbonyl (C=O) groups excluding carboxylic acids is 1. The molecule has 3 rings (SSSR count). The number of Topliss-reactive ketones (excluding diaryl/α,β-unsaturated/α-hetero) is 1. The average Bonchev–Trinajstić information content (AvgIpc) is 2.85. The molecule has 1 atom stereocenters.